The van der Waals surface area contributed by atoms with Gasteiger partial charge in [-0.2, -0.15) is 0 Å². The molecular weight excluding hydrogens is 356 g/mol. The van der Waals surface area contributed by atoms with E-state index in [2.05, 4.69) is 17.4 Å². The molecular formula is C22H28N2O4. The fourth-order valence-electron chi connectivity index (χ4n) is 3.40. The highest BCUT2D eigenvalue weighted by molar-refractivity contribution is 5.91. The number of nitrogens with zero attached hydrogens (tertiary/aromatic N) is 1. The smallest absolute Gasteiger partial charge is 0.321 e. The maximum atomic E-state index is 12.7. The Balaban J connectivity index is 1.51. The van der Waals surface area contributed by atoms with Gasteiger partial charge in [-0.15, -0.1) is 0 Å². The van der Waals surface area contributed by atoms with Crippen molar-refractivity contribution in [1.29, 1.82) is 0 Å². The molecule has 2 aromatic rings. The van der Waals surface area contributed by atoms with E-state index in [1.807, 2.05) is 23.1 Å². The fraction of sp³-hybridized carbons (Fsp3) is 0.409. The monoisotopic (exact) mass is 384 g/mol. The highest BCUT2D eigenvalue weighted by Gasteiger charge is 2.24. The van der Waals surface area contributed by atoms with Gasteiger partial charge in [-0.1, -0.05) is 30.3 Å². The molecule has 0 radical (unpaired) electrons. The molecule has 0 unspecified atom stereocenters. The van der Waals surface area contributed by atoms with Crippen LogP contribution in [0.5, 0.6) is 11.5 Å². The van der Waals surface area contributed by atoms with E-state index >= 15 is 0 Å². The average molecular weight is 384 g/mol. The van der Waals surface area contributed by atoms with E-state index in [0.29, 0.717) is 42.9 Å². The summed E-state index contributed by atoms with van der Waals surface area (Å²) in [7, 11) is 3.17. The molecule has 0 saturated carbocycles. The summed E-state index contributed by atoms with van der Waals surface area (Å²) < 4.78 is 16.4. The average Bonchev–Trinajstić information content (AvgIpc) is 2.75. The number of benzene rings is 2. The SMILES string of the molecule is COc1ccc(NC(=O)N2CCC[C@H](COCc3ccccc3)C2)c(OC)c1. The number of urea groups is 1. The van der Waals surface area contributed by atoms with Crippen LogP contribution in [0.1, 0.15) is 18.4 Å². The highest BCUT2D eigenvalue weighted by Crippen LogP contribution is 2.29. The van der Waals surface area contributed by atoms with E-state index in [-0.39, 0.29) is 6.03 Å². The highest BCUT2D eigenvalue weighted by atomic mass is 16.5. The van der Waals surface area contributed by atoms with Crippen molar-refractivity contribution in [2.45, 2.75) is 19.4 Å². The van der Waals surface area contributed by atoms with Gasteiger partial charge in [0, 0.05) is 25.1 Å². The van der Waals surface area contributed by atoms with Crippen LogP contribution < -0.4 is 14.8 Å². The van der Waals surface area contributed by atoms with Gasteiger partial charge in [-0.25, -0.2) is 4.79 Å². The van der Waals surface area contributed by atoms with Crippen molar-refractivity contribution >= 4 is 11.7 Å². The van der Waals surface area contributed by atoms with Crippen LogP contribution in [0.25, 0.3) is 0 Å². The fourth-order valence-corrected chi connectivity index (χ4v) is 3.40. The van der Waals surface area contributed by atoms with Gasteiger partial charge in [0.05, 0.1) is 33.1 Å². The number of rotatable bonds is 7. The quantitative estimate of drug-likeness (QED) is 0.779. The van der Waals surface area contributed by atoms with Crippen LogP contribution in [0.4, 0.5) is 10.5 Å². The molecule has 3 rings (SSSR count). The number of methoxy groups -OCH3 is 2. The van der Waals surface area contributed by atoms with Crippen LogP contribution in [-0.4, -0.2) is 44.8 Å². The minimum Gasteiger partial charge on any atom is -0.497 e. The van der Waals surface area contributed by atoms with Gasteiger partial charge in [0.25, 0.3) is 0 Å². The van der Waals surface area contributed by atoms with Gasteiger partial charge in [0.2, 0.25) is 0 Å². The Morgan fingerprint density at radius 3 is 2.71 bits per heavy atom. The van der Waals surface area contributed by atoms with Crippen molar-refractivity contribution in [3.05, 3.63) is 54.1 Å². The first-order chi connectivity index (χ1) is 13.7. The summed E-state index contributed by atoms with van der Waals surface area (Å²) in [5.74, 6) is 1.61. The normalized spacial score (nSPS) is 16.5. The second-order valence-electron chi connectivity index (χ2n) is 6.95. The van der Waals surface area contributed by atoms with Crippen molar-refractivity contribution in [2.75, 3.05) is 39.2 Å². The molecule has 1 fully saturated rings. The summed E-state index contributed by atoms with van der Waals surface area (Å²) in [6, 6.07) is 15.4. The second-order valence-corrected chi connectivity index (χ2v) is 6.95. The lowest BCUT2D eigenvalue weighted by atomic mass is 9.99. The van der Waals surface area contributed by atoms with Gasteiger partial charge in [-0.3, -0.25) is 0 Å². The number of anilines is 1. The number of nitrogens with one attached hydrogen (secondary N) is 1. The van der Waals surface area contributed by atoms with Crippen molar-refractivity contribution in [1.82, 2.24) is 4.90 Å². The Hall–Kier alpha value is -2.73. The van der Waals surface area contributed by atoms with Crippen LogP contribution >= 0.6 is 0 Å². The third-order valence-electron chi connectivity index (χ3n) is 4.92. The number of likely N-dealkylation sites (tertiary alicyclic amines) is 1. The first-order valence-corrected chi connectivity index (χ1v) is 9.59. The summed E-state index contributed by atoms with van der Waals surface area (Å²) in [6.45, 7) is 2.70. The number of carbonyl (C=O) groups excluding carboxylic acids is 1. The van der Waals surface area contributed by atoms with Crippen molar-refractivity contribution < 1.29 is 19.0 Å². The third-order valence-corrected chi connectivity index (χ3v) is 4.92. The van der Waals surface area contributed by atoms with Crippen molar-refractivity contribution in [3.8, 4) is 11.5 Å². The molecule has 1 heterocycles. The number of piperidine rings is 1. The standard InChI is InChI=1S/C22H28N2O4/c1-26-19-10-11-20(21(13-19)27-2)23-22(25)24-12-6-9-18(14-24)16-28-15-17-7-4-3-5-8-17/h3-5,7-8,10-11,13,18H,6,9,12,14-16H2,1-2H3,(H,23,25)/t18-/m0/s1. The summed E-state index contributed by atoms with van der Waals surface area (Å²) in [5, 5.41) is 2.95. The molecule has 2 aromatic carbocycles. The predicted molar refractivity (Wildman–Crippen MR) is 109 cm³/mol. The largest absolute Gasteiger partial charge is 0.497 e. The van der Waals surface area contributed by atoms with Crippen LogP contribution in [0.15, 0.2) is 48.5 Å². The molecule has 1 N–H and O–H groups in total. The molecule has 6 heteroatoms. The summed E-state index contributed by atoms with van der Waals surface area (Å²) in [4.78, 5) is 14.6. The van der Waals surface area contributed by atoms with Gasteiger partial charge in [-0.05, 0) is 30.5 Å². The zero-order valence-electron chi connectivity index (χ0n) is 16.5. The number of amides is 2. The Kier molecular flexibility index (Phi) is 7.14. The number of ether oxygens (including phenoxy) is 3. The van der Waals surface area contributed by atoms with Gasteiger partial charge in [0.15, 0.2) is 0 Å². The van der Waals surface area contributed by atoms with Crippen LogP contribution in [0.3, 0.4) is 0 Å². The van der Waals surface area contributed by atoms with Gasteiger partial charge >= 0.3 is 6.03 Å². The molecule has 6 nitrogen and oxygen atoms in total. The maximum absolute atomic E-state index is 12.7. The molecule has 150 valence electrons. The zero-order chi connectivity index (χ0) is 19.8. The molecule has 1 saturated heterocycles. The van der Waals surface area contributed by atoms with E-state index < -0.39 is 0 Å². The third kappa shape index (κ3) is 5.39. The molecule has 0 bridgehead atoms. The van der Waals surface area contributed by atoms with E-state index in [1.165, 1.54) is 5.56 Å². The summed E-state index contributed by atoms with van der Waals surface area (Å²) in [6.07, 6.45) is 2.05. The van der Waals surface area contributed by atoms with E-state index in [0.717, 1.165) is 19.4 Å². The van der Waals surface area contributed by atoms with Crippen LogP contribution in [-0.2, 0) is 11.3 Å². The minimum atomic E-state index is -0.115. The number of carbonyl (C=O) groups is 1. The van der Waals surface area contributed by atoms with Gasteiger partial charge in [0.1, 0.15) is 11.5 Å². The maximum Gasteiger partial charge on any atom is 0.321 e. The molecule has 2 amide bonds. The van der Waals surface area contributed by atoms with E-state index in [1.54, 1.807) is 32.4 Å². The van der Waals surface area contributed by atoms with Crippen LogP contribution in [0.2, 0.25) is 0 Å². The lowest BCUT2D eigenvalue weighted by Crippen LogP contribution is -2.43. The topological polar surface area (TPSA) is 60.0 Å². The van der Waals surface area contributed by atoms with Crippen molar-refractivity contribution in [3.63, 3.8) is 0 Å². The Morgan fingerprint density at radius 1 is 1.14 bits per heavy atom. The minimum absolute atomic E-state index is 0.115. The Bertz CT molecular complexity index is 766. The molecule has 1 aliphatic heterocycles. The van der Waals surface area contributed by atoms with Crippen molar-refractivity contribution in [2.24, 2.45) is 5.92 Å². The molecule has 28 heavy (non-hydrogen) atoms. The lowest BCUT2D eigenvalue weighted by Gasteiger charge is -2.32. The number of hydrogen-bond donors (Lipinski definition) is 1. The van der Waals surface area contributed by atoms with E-state index in [4.69, 9.17) is 14.2 Å². The molecule has 0 aliphatic carbocycles. The zero-order valence-corrected chi connectivity index (χ0v) is 16.5. The summed E-state index contributed by atoms with van der Waals surface area (Å²) >= 11 is 0. The molecule has 0 aromatic heterocycles. The first kappa shape index (κ1) is 20.0. The summed E-state index contributed by atoms with van der Waals surface area (Å²) in [5.41, 5.74) is 1.80. The number of hydrogen-bond acceptors (Lipinski definition) is 4. The molecule has 1 atom stereocenters. The van der Waals surface area contributed by atoms with E-state index in [9.17, 15) is 4.79 Å². The lowest BCUT2D eigenvalue weighted by molar-refractivity contribution is 0.0606. The molecule has 0 spiro atoms. The molecule has 1 aliphatic rings. The first-order valence-electron chi connectivity index (χ1n) is 9.59. The Labute approximate surface area is 166 Å². The predicted octanol–water partition coefficient (Wildman–Crippen LogP) is 4.16. The Morgan fingerprint density at radius 2 is 1.96 bits per heavy atom. The van der Waals surface area contributed by atoms with Crippen LogP contribution in [0, 0.1) is 5.92 Å². The second kappa shape index (κ2) is 9.99. The van der Waals surface area contributed by atoms with Gasteiger partial charge < -0.3 is 24.4 Å².